The highest BCUT2D eigenvalue weighted by molar-refractivity contribution is 9.10. The molecule has 27 heavy (non-hydrogen) atoms. The van der Waals surface area contributed by atoms with E-state index < -0.39 is 18.1 Å². The van der Waals surface area contributed by atoms with Crippen LogP contribution in [0.25, 0.3) is 0 Å². The Morgan fingerprint density at radius 1 is 1.22 bits per heavy atom. The van der Waals surface area contributed by atoms with Crippen LogP contribution in [0.4, 0.5) is 11.4 Å². The van der Waals surface area contributed by atoms with Gasteiger partial charge in [-0.3, -0.25) is 14.5 Å². The summed E-state index contributed by atoms with van der Waals surface area (Å²) >= 11 is 3.33. The van der Waals surface area contributed by atoms with E-state index >= 15 is 0 Å². The van der Waals surface area contributed by atoms with E-state index in [1.54, 1.807) is 38.1 Å². The van der Waals surface area contributed by atoms with Gasteiger partial charge in [-0.15, -0.1) is 0 Å². The first-order chi connectivity index (χ1) is 12.8. The van der Waals surface area contributed by atoms with E-state index in [9.17, 15) is 14.4 Å². The molecule has 1 aliphatic heterocycles. The number of carboxylic acid groups (broad SMARTS) is 1. The molecule has 2 unspecified atom stereocenters. The maximum Gasteiger partial charge on any atom is 0.335 e. The Hall–Kier alpha value is -2.87. The number of carboxylic acids is 1. The summed E-state index contributed by atoms with van der Waals surface area (Å²) < 4.78 is 6.42. The van der Waals surface area contributed by atoms with Crippen LogP contribution in [0.5, 0.6) is 5.75 Å². The lowest BCUT2D eigenvalue weighted by Crippen LogP contribution is -2.52. The highest BCUT2D eigenvalue weighted by Gasteiger charge is 2.37. The van der Waals surface area contributed by atoms with Gasteiger partial charge in [0.05, 0.1) is 11.3 Å². The zero-order valence-corrected chi connectivity index (χ0v) is 16.2. The van der Waals surface area contributed by atoms with Crippen LogP contribution in [0.3, 0.4) is 0 Å². The summed E-state index contributed by atoms with van der Waals surface area (Å²) in [7, 11) is 0. The third-order valence-corrected chi connectivity index (χ3v) is 4.76. The Balaban J connectivity index is 1.90. The summed E-state index contributed by atoms with van der Waals surface area (Å²) in [6, 6.07) is 10.5. The van der Waals surface area contributed by atoms with Crippen LogP contribution in [0.15, 0.2) is 46.9 Å². The van der Waals surface area contributed by atoms with Crippen LogP contribution >= 0.6 is 15.9 Å². The molecule has 0 bridgehead atoms. The van der Waals surface area contributed by atoms with E-state index in [1.165, 1.54) is 23.1 Å². The number of hydrogen-bond acceptors (Lipinski definition) is 4. The Morgan fingerprint density at radius 3 is 2.52 bits per heavy atom. The smallest absolute Gasteiger partial charge is 0.335 e. The molecule has 2 N–H and O–H groups in total. The Labute approximate surface area is 164 Å². The number of aromatic carboxylic acids is 1. The Bertz CT molecular complexity index is 913. The van der Waals surface area contributed by atoms with Crippen molar-refractivity contribution in [1.82, 2.24) is 0 Å². The molecule has 8 heteroatoms. The fourth-order valence-corrected chi connectivity index (χ4v) is 3.06. The van der Waals surface area contributed by atoms with E-state index in [0.717, 1.165) is 4.47 Å². The van der Waals surface area contributed by atoms with Gasteiger partial charge in [0.15, 0.2) is 6.10 Å². The lowest BCUT2D eigenvalue weighted by Gasteiger charge is -2.36. The maximum atomic E-state index is 12.7. The van der Waals surface area contributed by atoms with Gasteiger partial charge in [0.2, 0.25) is 5.91 Å². The minimum Gasteiger partial charge on any atom is -0.479 e. The third-order valence-electron chi connectivity index (χ3n) is 4.23. The highest BCUT2D eigenvalue weighted by atomic mass is 79.9. The number of anilines is 2. The average molecular weight is 433 g/mol. The Kier molecular flexibility index (Phi) is 5.18. The fourth-order valence-electron chi connectivity index (χ4n) is 2.79. The number of carbonyl (C=O) groups excluding carboxylic acids is 2. The maximum absolute atomic E-state index is 12.7. The summed E-state index contributed by atoms with van der Waals surface area (Å²) in [6.07, 6.45) is -0.829. The molecule has 140 valence electrons. The number of halogens is 1. The molecule has 0 saturated carbocycles. The normalized spacial score (nSPS) is 16.9. The van der Waals surface area contributed by atoms with Gasteiger partial charge in [-0.2, -0.15) is 0 Å². The molecule has 2 aromatic carbocycles. The lowest BCUT2D eigenvalue weighted by molar-refractivity contribution is -0.128. The van der Waals surface area contributed by atoms with Crippen LogP contribution in [-0.4, -0.2) is 35.0 Å². The largest absolute Gasteiger partial charge is 0.479 e. The van der Waals surface area contributed by atoms with Crippen molar-refractivity contribution in [3.8, 4) is 5.75 Å². The third kappa shape index (κ3) is 3.80. The summed E-state index contributed by atoms with van der Waals surface area (Å²) in [6.45, 7) is 3.17. The van der Waals surface area contributed by atoms with Gasteiger partial charge in [0, 0.05) is 10.2 Å². The monoisotopic (exact) mass is 432 g/mol. The topological polar surface area (TPSA) is 95.9 Å². The van der Waals surface area contributed by atoms with Gasteiger partial charge in [-0.1, -0.05) is 15.9 Å². The standard InChI is InChI=1S/C19H17BrN2O5/c1-10(17(23)21-14-6-4-13(20)5-7-14)22-15-8-3-12(19(25)26)9-16(15)27-11(2)18(22)24/h3-11H,1-2H3,(H,21,23)(H,25,26). The number of amides is 2. The van der Waals surface area contributed by atoms with Crippen molar-refractivity contribution in [2.24, 2.45) is 0 Å². The van der Waals surface area contributed by atoms with Crippen LogP contribution < -0.4 is 15.0 Å². The fraction of sp³-hybridized carbons (Fsp3) is 0.211. The summed E-state index contributed by atoms with van der Waals surface area (Å²) in [5.74, 6) is -1.58. The Morgan fingerprint density at radius 2 is 1.89 bits per heavy atom. The predicted molar refractivity (Wildman–Crippen MR) is 103 cm³/mol. The molecule has 0 aliphatic carbocycles. The first-order valence-corrected chi connectivity index (χ1v) is 9.00. The number of nitrogens with one attached hydrogen (secondary N) is 1. The first-order valence-electron chi connectivity index (χ1n) is 8.21. The number of fused-ring (bicyclic) bond motifs is 1. The minimum absolute atomic E-state index is 0.0437. The van der Waals surface area contributed by atoms with Gasteiger partial charge >= 0.3 is 5.97 Å². The number of rotatable bonds is 4. The molecule has 3 rings (SSSR count). The van der Waals surface area contributed by atoms with Gasteiger partial charge in [0.25, 0.3) is 5.91 Å². The second-order valence-electron chi connectivity index (χ2n) is 6.13. The average Bonchev–Trinajstić information content (AvgIpc) is 2.63. The van der Waals surface area contributed by atoms with E-state index in [-0.39, 0.29) is 23.1 Å². The minimum atomic E-state index is -1.10. The predicted octanol–water partition coefficient (Wildman–Crippen LogP) is 3.29. The second-order valence-corrected chi connectivity index (χ2v) is 7.04. The number of ether oxygens (including phenoxy) is 1. The van der Waals surface area contributed by atoms with Crippen LogP contribution in [0.2, 0.25) is 0 Å². The summed E-state index contributed by atoms with van der Waals surface area (Å²) in [5, 5.41) is 11.9. The lowest BCUT2D eigenvalue weighted by atomic mass is 10.1. The SMILES string of the molecule is CC1Oc2cc(C(=O)O)ccc2N(C(C)C(=O)Nc2ccc(Br)cc2)C1=O. The number of carbonyl (C=O) groups is 3. The molecule has 2 aromatic rings. The van der Waals surface area contributed by atoms with Crippen molar-refractivity contribution >= 4 is 45.1 Å². The number of hydrogen-bond donors (Lipinski definition) is 2. The van der Waals surface area contributed by atoms with Gasteiger partial charge in [-0.25, -0.2) is 4.79 Å². The van der Waals surface area contributed by atoms with E-state index in [2.05, 4.69) is 21.2 Å². The van der Waals surface area contributed by atoms with Gasteiger partial charge in [-0.05, 0) is 56.3 Å². The van der Waals surface area contributed by atoms with E-state index in [4.69, 9.17) is 9.84 Å². The zero-order valence-electron chi connectivity index (χ0n) is 14.6. The molecule has 2 amide bonds. The molecule has 0 saturated heterocycles. The molecular formula is C19H17BrN2O5. The van der Waals surface area contributed by atoms with Gasteiger partial charge < -0.3 is 15.2 Å². The van der Waals surface area contributed by atoms with E-state index in [0.29, 0.717) is 11.4 Å². The molecule has 1 aliphatic rings. The van der Waals surface area contributed by atoms with Crippen molar-refractivity contribution in [2.45, 2.75) is 26.0 Å². The molecule has 0 fully saturated rings. The highest BCUT2D eigenvalue weighted by Crippen LogP contribution is 2.36. The van der Waals surface area contributed by atoms with Crippen LogP contribution in [0.1, 0.15) is 24.2 Å². The molecule has 0 aromatic heterocycles. The molecule has 7 nitrogen and oxygen atoms in total. The molecule has 0 radical (unpaired) electrons. The number of nitrogens with zero attached hydrogens (tertiary/aromatic N) is 1. The molecular weight excluding hydrogens is 416 g/mol. The molecule has 0 spiro atoms. The summed E-state index contributed by atoms with van der Waals surface area (Å²) in [5.41, 5.74) is 1.01. The van der Waals surface area contributed by atoms with Crippen molar-refractivity contribution in [1.29, 1.82) is 0 Å². The molecule has 2 atom stereocenters. The quantitative estimate of drug-likeness (QED) is 0.772. The van der Waals surface area contributed by atoms with Crippen molar-refractivity contribution in [3.63, 3.8) is 0 Å². The van der Waals surface area contributed by atoms with Crippen molar-refractivity contribution in [2.75, 3.05) is 10.2 Å². The van der Waals surface area contributed by atoms with Crippen molar-refractivity contribution in [3.05, 3.63) is 52.5 Å². The van der Waals surface area contributed by atoms with Crippen molar-refractivity contribution < 1.29 is 24.2 Å². The molecule has 1 heterocycles. The van der Waals surface area contributed by atoms with Gasteiger partial charge in [0.1, 0.15) is 11.8 Å². The second kappa shape index (κ2) is 7.40. The summed E-state index contributed by atoms with van der Waals surface area (Å²) in [4.78, 5) is 37.8. The first kappa shape index (κ1) is 18.9. The number of benzene rings is 2. The van der Waals surface area contributed by atoms with Crippen LogP contribution in [0, 0.1) is 0 Å². The van der Waals surface area contributed by atoms with Crippen LogP contribution in [-0.2, 0) is 9.59 Å². The zero-order chi connectivity index (χ0) is 19.7. The van der Waals surface area contributed by atoms with E-state index in [1.807, 2.05) is 0 Å².